The van der Waals surface area contributed by atoms with Crippen molar-refractivity contribution in [3.63, 3.8) is 0 Å². The van der Waals surface area contributed by atoms with Gasteiger partial charge in [-0.25, -0.2) is 4.98 Å². The highest BCUT2D eigenvalue weighted by atomic mass is 32.1. The molecule has 0 aliphatic carbocycles. The number of carbonyl (C=O) groups is 1. The van der Waals surface area contributed by atoms with E-state index in [1.54, 1.807) is 35.2 Å². The lowest BCUT2D eigenvalue weighted by Crippen LogP contribution is -2.27. The van der Waals surface area contributed by atoms with Crippen LogP contribution in [0.3, 0.4) is 0 Å². The lowest BCUT2D eigenvalue weighted by molar-refractivity contribution is -0.137. The second-order valence-corrected chi connectivity index (χ2v) is 8.67. The molecule has 5 aromatic rings. The summed E-state index contributed by atoms with van der Waals surface area (Å²) in [7, 11) is 0. The number of pyridine rings is 3. The fraction of sp³-hybridized carbons (Fsp3) is 0.120. The van der Waals surface area contributed by atoms with E-state index in [0.29, 0.717) is 21.9 Å². The summed E-state index contributed by atoms with van der Waals surface area (Å²) >= 11 is 1.32. The molecule has 176 valence electrons. The molecule has 0 saturated heterocycles. The fourth-order valence-electron chi connectivity index (χ4n) is 3.87. The number of thiophene rings is 1. The topological polar surface area (TPSA) is 76.9 Å². The zero-order chi connectivity index (χ0) is 24.7. The minimum Gasteiger partial charge on any atom is -0.344 e. The van der Waals surface area contributed by atoms with Crippen molar-refractivity contribution in [2.75, 3.05) is 0 Å². The molecule has 0 fully saturated rings. The minimum absolute atomic E-state index is 0.245. The largest absolute Gasteiger partial charge is 0.416 e. The van der Waals surface area contributed by atoms with Crippen LogP contribution in [0.5, 0.6) is 0 Å². The molecular formula is C25H17F3N4O2S. The van der Waals surface area contributed by atoms with Gasteiger partial charge in [0.1, 0.15) is 5.65 Å². The van der Waals surface area contributed by atoms with Crippen LogP contribution < -0.4 is 10.9 Å². The highest BCUT2D eigenvalue weighted by Gasteiger charge is 2.30. The molecule has 5 rings (SSSR count). The standard InChI is InChI=1S/C25H17F3N4O2S/c1-14(21-4-2-3-9-29-21)31-23(33)15-10-18-19-12-35-13-20(19)24(34)32(22(18)30-11-15)17-7-5-16(6-8-17)25(26,27)28/h2-14H,1H3,(H,31,33)/t14-/m0/s1. The van der Waals surface area contributed by atoms with Crippen LogP contribution in [0.25, 0.3) is 27.5 Å². The van der Waals surface area contributed by atoms with Crippen molar-refractivity contribution in [2.24, 2.45) is 0 Å². The summed E-state index contributed by atoms with van der Waals surface area (Å²) in [5.41, 5.74) is 0.257. The third-order valence-electron chi connectivity index (χ3n) is 5.66. The van der Waals surface area contributed by atoms with E-state index in [2.05, 4.69) is 15.3 Å². The van der Waals surface area contributed by atoms with E-state index < -0.39 is 17.3 Å². The minimum atomic E-state index is -4.49. The molecule has 0 saturated carbocycles. The van der Waals surface area contributed by atoms with Crippen molar-refractivity contribution >= 4 is 39.0 Å². The van der Waals surface area contributed by atoms with E-state index >= 15 is 0 Å². The first-order chi connectivity index (χ1) is 16.7. The van der Waals surface area contributed by atoms with Gasteiger partial charge in [0.2, 0.25) is 0 Å². The molecule has 35 heavy (non-hydrogen) atoms. The van der Waals surface area contributed by atoms with Gasteiger partial charge in [0.25, 0.3) is 11.5 Å². The Bertz CT molecular complexity index is 1610. The van der Waals surface area contributed by atoms with Crippen molar-refractivity contribution in [3.05, 3.63) is 98.9 Å². The van der Waals surface area contributed by atoms with E-state index in [1.807, 2.05) is 13.0 Å². The molecule has 1 aromatic carbocycles. The SMILES string of the molecule is C[C@H](NC(=O)c1cnc2c(c1)c1cscc1c(=O)n2-c1ccc(C(F)(F)F)cc1)c1ccccn1. The zero-order valence-electron chi connectivity index (χ0n) is 18.2. The molecule has 6 nitrogen and oxygen atoms in total. The molecule has 1 atom stereocenters. The molecule has 0 bridgehead atoms. The second-order valence-electron chi connectivity index (χ2n) is 7.93. The predicted octanol–water partition coefficient (Wildman–Crippen LogP) is 5.51. The number of rotatable bonds is 4. The maximum Gasteiger partial charge on any atom is 0.416 e. The molecule has 0 aliphatic heterocycles. The maximum atomic E-state index is 13.2. The number of halogens is 3. The summed E-state index contributed by atoms with van der Waals surface area (Å²) in [5, 5.41) is 7.90. The van der Waals surface area contributed by atoms with Gasteiger partial charge in [-0.3, -0.25) is 19.1 Å². The van der Waals surface area contributed by atoms with Gasteiger partial charge in [-0.15, -0.1) is 0 Å². The van der Waals surface area contributed by atoms with Gasteiger partial charge in [0.05, 0.1) is 33.9 Å². The van der Waals surface area contributed by atoms with Gasteiger partial charge < -0.3 is 5.32 Å². The molecule has 0 aliphatic rings. The summed E-state index contributed by atoms with van der Waals surface area (Å²) in [6.45, 7) is 1.81. The van der Waals surface area contributed by atoms with Crippen LogP contribution in [0.1, 0.15) is 34.6 Å². The lowest BCUT2D eigenvalue weighted by atomic mass is 10.1. The molecule has 0 unspecified atom stereocenters. The van der Waals surface area contributed by atoms with E-state index in [0.717, 1.165) is 12.1 Å². The molecular weight excluding hydrogens is 477 g/mol. The number of nitrogens with one attached hydrogen (secondary N) is 1. The monoisotopic (exact) mass is 494 g/mol. The second kappa shape index (κ2) is 8.62. The van der Waals surface area contributed by atoms with Crippen molar-refractivity contribution in [3.8, 4) is 5.69 Å². The number of hydrogen-bond acceptors (Lipinski definition) is 5. The highest BCUT2D eigenvalue weighted by Crippen LogP contribution is 2.31. The van der Waals surface area contributed by atoms with Gasteiger partial charge in [-0.1, -0.05) is 6.07 Å². The van der Waals surface area contributed by atoms with Crippen LogP contribution >= 0.6 is 11.3 Å². The van der Waals surface area contributed by atoms with Gasteiger partial charge in [-0.2, -0.15) is 24.5 Å². The smallest absolute Gasteiger partial charge is 0.344 e. The van der Waals surface area contributed by atoms with Crippen molar-refractivity contribution < 1.29 is 18.0 Å². The molecule has 4 aromatic heterocycles. The zero-order valence-corrected chi connectivity index (χ0v) is 19.0. The quantitative estimate of drug-likeness (QED) is 0.358. The number of alkyl halides is 3. The van der Waals surface area contributed by atoms with Crippen molar-refractivity contribution in [1.29, 1.82) is 0 Å². The Morgan fingerprint density at radius 2 is 1.77 bits per heavy atom. The summed E-state index contributed by atoms with van der Waals surface area (Å²) in [6, 6.07) is 11.0. The number of hydrogen-bond donors (Lipinski definition) is 1. The Kier molecular flexibility index (Phi) is 5.60. The number of carbonyl (C=O) groups excluding carboxylic acids is 1. The summed E-state index contributed by atoms with van der Waals surface area (Å²) in [6.07, 6.45) is -1.50. The van der Waals surface area contributed by atoms with Crippen LogP contribution in [-0.2, 0) is 6.18 Å². The normalized spacial score (nSPS) is 12.7. The first-order valence-electron chi connectivity index (χ1n) is 10.5. The average Bonchev–Trinajstić information content (AvgIpc) is 3.35. The van der Waals surface area contributed by atoms with E-state index in [-0.39, 0.29) is 28.8 Å². The van der Waals surface area contributed by atoms with Gasteiger partial charge in [0, 0.05) is 28.5 Å². The number of benzene rings is 1. The Hall–Kier alpha value is -4.05. The Morgan fingerprint density at radius 3 is 2.46 bits per heavy atom. The van der Waals surface area contributed by atoms with Crippen LogP contribution in [0.15, 0.2) is 76.5 Å². The molecule has 4 heterocycles. The first-order valence-corrected chi connectivity index (χ1v) is 11.5. The number of aromatic nitrogens is 3. The number of fused-ring (bicyclic) bond motifs is 3. The highest BCUT2D eigenvalue weighted by molar-refractivity contribution is 7.09. The first kappa shape index (κ1) is 22.7. The predicted molar refractivity (Wildman–Crippen MR) is 128 cm³/mol. The van der Waals surface area contributed by atoms with Crippen molar-refractivity contribution in [2.45, 2.75) is 19.1 Å². The lowest BCUT2D eigenvalue weighted by Gasteiger charge is -2.15. The summed E-state index contributed by atoms with van der Waals surface area (Å²) < 4.78 is 40.3. The van der Waals surface area contributed by atoms with Crippen LogP contribution in [-0.4, -0.2) is 20.4 Å². The van der Waals surface area contributed by atoms with E-state index in [9.17, 15) is 22.8 Å². The number of amides is 1. The molecule has 10 heteroatoms. The van der Waals surface area contributed by atoms with Crippen molar-refractivity contribution in [1.82, 2.24) is 19.9 Å². The molecule has 0 radical (unpaired) electrons. The molecule has 1 N–H and O–H groups in total. The van der Waals surface area contributed by atoms with Crippen LogP contribution in [0, 0.1) is 0 Å². The average molecular weight is 494 g/mol. The summed E-state index contributed by atoms with van der Waals surface area (Å²) in [5.74, 6) is -0.367. The maximum absolute atomic E-state index is 13.2. The van der Waals surface area contributed by atoms with Gasteiger partial charge in [-0.05, 0) is 54.8 Å². The third-order valence-corrected chi connectivity index (χ3v) is 6.40. The Balaban J connectivity index is 1.60. The Morgan fingerprint density at radius 1 is 1.03 bits per heavy atom. The van der Waals surface area contributed by atoms with E-state index in [1.165, 1.54) is 34.2 Å². The van der Waals surface area contributed by atoms with E-state index in [4.69, 9.17) is 0 Å². The fourth-order valence-corrected chi connectivity index (χ4v) is 4.69. The van der Waals surface area contributed by atoms with Crippen LogP contribution in [0.2, 0.25) is 0 Å². The molecule has 0 spiro atoms. The summed E-state index contributed by atoms with van der Waals surface area (Å²) in [4.78, 5) is 34.8. The molecule has 1 amide bonds. The number of nitrogens with zero attached hydrogens (tertiary/aromatic N) is 3. The van der Waals surface area contributed by atoms with Crippen LogP contribution in [0.4, 0.5) is 13.2 Å². The third kappa shape index (κ3) is 4.17. The Labute approximate surface area is 200 Å². The van der Waals surface area contributed by atoms with Gasteiger partial charge in [0.15, 0.2) is 0 Å². The van der Waals surface area contributed by atoms with Gasteiger partial charge >= 0.3 is 6.18 Å².